The SMILES string of the molecule is Fc1ccc2c(c1)CN(CCNCc1ccccc1)C(Cc1ccccc1)C2. The normalized spacial score (nSPS) is 16.7. The van der Waals surface area contributed by atoms with Gasteiger partial charge in [-0.2, -0.15) is 0 Å². The van der Waals surface area contributed by atoms with Crippen molar-refractivity contribution >= 4 is 0 Å². The van der Waals surface area contributed by atoms with Gasteiger partial charge in [0.25, 0.3) is 0 Å². The number of benzene rings is 3. The maximum absolute atomic E-state index is 13.7. The van der Waals surface area contributed by atoms with Crippen molar-refractivity contribution in [2.45, 2.75) is 32.0 Å². The molecule has 0 saturated heterocycles. The summed E-state index contributed by atoms with van der Waals surface area (Å²) >= 11 is 0. The van der Waals surface area contributed by atoms with Crippen LogP contribution in [0, 0.1) is 5.82 Å². The number of nitrogens with one attached hydrogen (secondary N) is 1. The second-order valence-electron chi connectivity index (χ2n) is 7.59. The van der Waals surface area contributed by atoms with Crippen LogP contribution < -0.4 is 5.32 Å². The molecule has 0 aromatic heterocycles. The molecule has 1 N–H and O–H groups in total. The molecular formula is C25H27FN2. The van der Waals surface area contributed by atoms with Crippen LogP contribution in [0.5, 0.6) is 0 Å². The highest BCUT2D eigenvalue weighted by atomic mass is 19.1. The summed E-state index contributed by atoms with van der Waals surface area (Å²) in [5.41, 5.74) is 5.08. The van der Waals surface area contributed by atoms with E-state index >= 15 is 0 Å². The van der Waals surface area contributed by atoms with Crippen LogP contribution in [0.15, 0.2) is 78.9 Å². The topological polar surface area (TPSA) is 15.3 Å². The summed E-state index contributed by atoms with van der Waals surface area (Å²) in [6.45, 7) is 3.58. The van der Waals surface area contributed by atoms with Gasteiger partial charge in [0.1, 0.15) is 5.82 Å². The predicted octanol–water partition coefficient (Wildman–Crippen LogP) is 4.58. The van der Waals surface area contributed by atoms with Crippen LogP contribution in [0.4, 0.5) is 4.39 Å². The Balaban J connectivity index is 1.42. The lowest BCUT2D eigenvalue weighted by atomic mass is 9.90. The number of hydrogen-bond acceptors (Lipinski definition) is 2. The fourth-order valence-corrected chi connectivity index (χ4v) is 4.07. The lowest BCUT2D eigenvalue weighted by Gasteiger charge is -2.37. The number of rotatable bonds is 7. The van der Waals surface area contributed by atoms with Gasteiger partial charge in [0, 0.05) is 32.2 Å². The van der Waals surface area contributed by atoms with E-state index in [0.717, 1.165) is 44.6 Å². The van der Waals surface area contributed by atoms with Gasteiger partial charge >= 0.3 is 0 Å². The van der Waals surface area contributed by atoms with Gasteiger partial charge in [0.05, 0.1) is 0 Å². The van der Waals surface area contributed by atoms with E-state index in [2.05, 4.69) is 64.8 Å². The van der Waals surface area contributed by atoms with Crippen molar-refractivity contribution < 1.29 is 4.39 Å². The zero-order valence-corrected chi connectivity index (χ0v) is 16.2. The molecule has 1 aliphatic rings. The number of nitrogens with zero attached hydrogens (tertiary/aromatic N) is 1. The first-order valence-electron chi connectivity index (χ1n) is 10.1. The van der Waals surface area contributed by atoms with Crippen molar-refractivity contribution in [3.63, 3.8) is 0 Å². The molecule has 3 aromatic rings. The number of fused-ring (bicyclic) bond motifs is 1. The largest absolute Gasteiger partial charge is 0.311 e. The van der Waals surface area contributed by atoms with Gasteiger partial charge < -0.3 is 5.32 Å². The lowest BCUT2D eigenvalue weighted by molar-refractivity contribution is 0.170. The molecule has 144 valence electrons. The number of hydrogen-bond donors (Lipinski definition) is 1. The zero-order chi connectivity index (χ0) is 19.2. The van der Waals surface area contributed by atoms with Crippen LogP contribution in [-0.4, -0.2) is 24.0 Å². The van der Waals surface area contributed by atoms with Crippen molar-refractivity contribution in [3.8, 4) is 0 Å². The smallest absolute Gasteiger partial charge is 0.123 e. The minimum Gasteiger partial charge on any atom is -0.311 e. The molecule has 1 atom stereocenters. The predicted molar refractivity (Wildman–Crippen MR) is 113 cm³/mol. The average Bonchev–Trinajstić information content (AvgIpc) is 2.73. The third kappa shape index (κ3) is 4.86. The van der Waals surface area contributed by atoms with E-state index in [-0.39, 0.29) is 5.82 Å². The van der Waals surface area contributed by atoms with Crippen molar-refractivity contribution in [1.82, 2.24) is 10.2 Å². The first-order chi connectivity index (χ1) is 13.8. The second-order valence-corrected chi connectivity index (χ2v) is 7.59. The summed E-state index contributed by atoms with van der Waals surface area (Å²) in [6, 6.07) is 26.9. The Morgan fingerprint density at radius 2 is 1.57 bits per heavy atom. The van der Waals surface area contributed by atoms with Crippen LogP contribution in [0.1, 0.15) is 22.3 Å². The maximum Gasteiger partial charge on any atom is 0.123 e. The minimum atomic E-state index is -0.137. The van der Waals surface area contributed by atoms with Gasteiger partial charge in [0.2, 0.25) is 0 Å². The Bertz CT molecular complexity index is 880. The molecule has 0 radical (unpaired) electrons. The van der Waals surface area contributed by atoms with Gasteiger partial charge in [0.15, 0.2) is 0 Å². The molecule has 1 aliphatic heterocycles. The zero-order valence-electron chi connectivity index (χ0n) is 16.2. The summed E-state index contributed by atoms with van der Waals surface area (Å²) < 4.78 is 13.7. The molecule has 0 saturated carbocycles. The quantitative estimate of drug-likeness (QED) is 0.609. The Hall–Kier alpha value is -2.49. The molecule has 3 aromatic carbocycles. The van der Waals surface area contributed by atoms with E-state index in [1.165, 1.54) is 16.7 Å². The van der Waals surface area contributed by atoms with E-state index in [4.69, 9.17) is 0 Å². The Morgan fingerprint density at radius 3 is 2.32 bits per heavy atom. The van der Waals surface area contributed by atoms with Crippen molar-refractivity contribution in [2.24, 2.45) is 0 Å². The van der Waals surface area contributed by atoms with Crippen LogP contribution in [-0.2, 0) is 25.9 Å². The molecular weight excluding hydrogens is 347 g/mol. The van der Waals surface area contributed by atoms with Crippen LogP contribution in [0.2, 0.25) is 0 Å². The first kappa shape index (κ1) is 18.9. The third-order valence-corrected chi connectivity index (χ3v) is 5.58. The first-order valence-corrected chi connectivity index (χ1v) is 10.1. The molecule has 28 heavy (non-hydrogen) atoms. The Kier molecular flexibility index (Phi) is 6.15. The van der Waals surface area contributed by atoms with Crippen molar-refractivity contribution in [2.75, 3.05) is 13.1 Å². The van der Waals surface area contributed by atoms with Crippen molar-refractivity contribution in [3.05, 3.63) is 107 Å². The maximum atomic E-state index is 13.7. The number of halogens is 1. The van der Waals surface area contributed by atoms with E-state index in [1.807, 2.05) is 12.1 Å². The molecule has 2 nitrogen and oxygen atoms in total. The summed E-state index contributed by atoms with van der Waals surface area (Å²) in [4.78, 5) is 2.51. The summed E-state index contributed by atoms with van der Waals surface area (Å²) in [6.07, 6.45) is 2.00. The Morgan fingerprint density at radius 1 is 0.857 bits per heavy atom. The monoisotopic (exact) mass is 374 g/mol. The molecule has 0 aliphatic carbocycles. The fourth-order valence-electron chi connectivity index (χ4n) is 4.07. The van der Waals surface area contributed by atoms with Crippen LogP contribution in [0.3, 0.4) is 0 Å². The van der Waals surface area contributed by atoms with Gasteiger partial charge in [-0.05, 0) is 47.2 Å². The molecule has 1 heterocycles. The van der Waals surface area contributed by atoms with E-state index in [1.54, 1.807) is 12.1 Å². The third-order valence-electron chi connectivity index (χ3n) is 5.58. The van der Waals surface area contributed by atoms with E-state index in [9.17, 15) is 4.39 Å². The van der Waals surface area contributed by atoms with Gasteiger partial charge in [-0.1, -0.05) is 66.7 Å². The van der Waals surface area contributed by atoms with E-state index in [0.29, 0.717) is 6.04 Å². The average molecular weight is 375 g/mol. The second kappa shape index (κ2) is 9.13. The highest BCUT2D eigenvalue weighted by Crippen LogP contribution is 2.26. The Labute approximate surface area is 167 Å². The summed E-state index contributed by atoms with van der Waals surface area (Å²) in [5, 5.41) is 3.55. The standard InChI is InChI=1S/C25H27FN2/c26-24-12-11-22-17-25(15-20-7-3-1-4-8-20)28(19-23(22)16-24)14-13-27-18-21-9-5-2-6-10-21/h1-12,16,25,27H,13-15,17-19H2. The van der Waals surface area contributed by atoms with E-state index < -0.39 is 0 Å². The summed E-state index contributed by atoms with van der Waals surface area (Å²) in [7, 11) is 0. The molecule has 0 amide bonds. The molecule has 3 heteroatoms. The molecule has 0 fully saturated rings. The lowest BCUT2D eigenvalue weighted by Crippen LogP contribution is -2.44. The molecule has 0 spiro atoms. The van der Waals surface area contributed by atoms with Gasteiger partial charge in [-0.25, -0.2) is 4.39 Å². The fraction of sp³-hybridized carbons (Fsp3) is 0.280. The van der Waals surface area contributed by atoms with Crippen LogP contribution in [0.25, 0.3) is 0 Å². The highest BCUT2D eigenvalue weighted by Gasteiger charge is 2.26. The van der Waals surface area contributed by atoms with Crippen molar-refractivity contribution in [1.29, 1.82) is 0 Å². The molecule has 0 bridgehead atoms. The van der Waals surface area contributed by atoms with Gasteiger partial charge in [-0.15, -0.1) is 0 Å². The molecule has 4 rings (SSSR count). The van der Waals surface area contributed by atoms with Crippen LogP contribution >= 0.6 is 0 Å². The molecule has 1 unspecified atom stereocenters. The van der Waals surface area contributed by atoms with Gasteiger partial charge in [-0.3, -0.25) is 4.90 Å². The highest BCUT2D eigenvalue weighted by molar-refractivity contribution is 5.31. The minimum absolute atomic E-state index is 0.137. The summed E-state index contributed by atoms with van der Waals surface area (Å²) in [5.74, 6) is -0.137.